The smallest absolute Gasteiger partial charge is 0.545 e. The molecule has 66 valence electrons. The van der Waals surface area contributed by atoms with Gasteiger partial charge in [-0.3, -0.25) is 0 Å². The molecule has 0 aromatic heterocycles. The summed E-state index contributed by atoms with van der Waals surface area (Å²) in [6.45, 7) is 4.00. The van der Waals surface area contributed by atoms with E-state index in [2.05, 4.69) is 0 Å². The quantitative estimate of drug-likeness (QED) is 0.485. The van der Waals surface area contributed by atoms with Crippen molar-refractivity contribution < 1.29 is 9.90 Å². The normalized spacial score (nSPS) is 7.54. The van der Waals surface area contributed by atoms with Gasteiger partial charge in [0.1, 0.15) is 0 Å². The Hall–Kier alpha value is -0.544. The average molecular weight is 189 g/mol. The molecular formula is C10H12MgO2. The predicted octanol–water partition coefficient (Wildman–Crippen LogP) is 0.900. The third-order valence-electron chi connectivity index (χ3n) is 1.01. The number of hydrogen-bond donors (Lipinski definition) is 0. The van der Waals surface area contributed by atoms with E-state index < -0.39 is 5.97 Å². The van der Waals surface area contributed by atoms with Crippen LogP contribution in [0.2, 0.25) is 0 Å². The third-order valence-corrected chi connectivity index (χ3v) is 1.01. The zero-order valence-corrected chi connectivity index (χ0v) is 9.40. The second-order valence-electron chi connectivity index (χ2n) is 2.23. The molecule has 13 heavy (non-hydrogen) atoms. The fourth-order valence-corrected chi connectivity index (χ4v) is 0.574. The van der Waals surface area contributed by atoms with Crippen LogP contribution in [0, 0.1) is 6.42 Å². The van der Waals surface area contributed by atoms with Gasteiger partial charge in [0.05, 0.1) is 5.97 Å². The summed E-state index contributed by atoms with van der Waals surface area (Å²) in [7, 11) is 0. The molecule has 0 aliphatic rings. The molecule has 0 heterocycles. The van der Waals surface area contributed by atoms with Crippen LogP contribution in [0.25, 0.3) is 0 Å². The van der Waals surface area contributed by atoms with Crippen molar-refractivity contribution in [1.29, 1.82) is 0 Å². The zero-order chi connectivity index (χ0) is 9.40. The standard InChI is InChI=1S/C7H6O2.C3H7.Mg/c8-7(9)6-4-2-1-3-5-6;1-3-2;/h1-5H,(H,8,9);3H,1-2H3;/q;-1;+2/p-1. The molecule has 0 fully saturated rings. The molecule has 0 radical (unpaired) electrons. The molecule has 1 rings (SSSR count). The molecule has 1 aromatic rings. The summed E-state index contributed by atoms with van der Waals surface area (Å²) in [4.78, 5) is 10.1. The monoisotopic (exact) mass is 188 g/mol. The topological polar surface area (TPSA) is 40.1 Å². The Kier molecular flexibility index (Phi) is 11.0. The predicted molar refractivity (Wildman–Crippen MR) is 52.2 cm³/mol. The van der Waals surface area contributed by atoms with Crippen molar-refractivity contribution in [2.24, 2.45) is 0 Å². The van der Waals surface area contributed by atoms with Crippen molar-refractivity contribution in [3.05, 3.63) is 42.3 Å². The van der Waals surface area contributed by atoms with Crippen molar-refractivity contribution in [2.45, 2.75) is 13.8 Å². The SMILES string of the molecule is C[CH-]C.O=C([O-])c1ccccc1.[Mg+2]. The summed E-state index contributed by atoms with van der Waals surface area (Å²) < 4.78 is 0. The van der Waals surface area contributed by atoms with Gasteiger partial charge >= 0.3 is 23.1 Å². The summed E-state index contributed by atoms with van der Waals surface area (Å²) in [6.07, 6.45) is 2.00. The molecule has 3 heteroatoms. The Balaban J connectivity index is 0. The zero-order valence-electron chi connectivity index (χ0n) is 7.99. The van der Waals surface area contributed by atoms with E-state index in [1.165, 1.54) is 12.1 Å². The minimum Gasteiger partial charge on any atom is -0.545 e. The molecule has 0 N–H and O–H groups in total. The Morgan fingerprint density at radius 1 is 1.23 bits per heavy atom. The number of rotatable bonds is 1. The van der Waals surface area contributed by atoms with Crippen LogP contribution in [0.4, 0.5) is 0 Å². The number of carboxylic acid groups (broad SMARTS) is 1. The van der Waals surface area contributed by atoms with Crippen LogP contribution < -0.4 is 5.11 Å². The average Bonchev–Trinajstić information content (AvgIpc) is 2.07. The van der Waals surface area contributed by atoms with E-state index in [4.69, 9.17) is 0 Å². The summed E-state index contributed by atoms with van der Waals surface area (Å²) >= 11 is 0. The van der Waals surface area contributed by atoms with E-state index in [-0.39, 0.29) is 28.6 Å². The summed E-state index contributed by atoms with van der Waals surface area (Å²) in [5, 5.41) is 10.1. The van der Waals surface area contributed by atoms with Gasteiger partial charge in [-0.15, -0.1) is 0 Å². The number of benzene rings is 1. The Morgan fingerprint density at radius 3 is 1.85 bits per heavy atom. The summed E-state index contributed by atoms with van der Waals surface area (Å²) in [5.41, 5.74) is 0.220. The molecule has 0 spiro atoms. The van der Waals surface area contributed by atoms with Gasteiger partial charge in [-0.1, -0.05) is 30.3 Å². The largest absolute Gasteiger partial charge is 2.00 e. The number of carboxylic acids is 1. The van der Waals surface area contributed by atoms with E-state index in [1.54, 1.807) is 18.2 Å². The van der Waals surface area contributed by atoms with Crippen molar-refractivity contribution in [3.63, 3.8) is 0 Å². The molecule has 0 atom stereocenters. The van der Waals surface area contributed by atoms with Gasteiger partial charge in [0.25, 0.3) is 0 Å². The molecule has 0 bridgehead atoms. The Labute approximate surface area is 95.1 Å². The molecule has 1 aromatic carbocycles. The van der Waals surface area contributed by atoms with Gasteiger partial charge in [0.2, 0.25) is 0 Å². The van der Waals surface area contributed by atoms with E-state index in [0.717, 1.165) is 0 Å². The summed E-state index contributed by atoms with van der Waals surface area (Å²) in [6, 6.07) is 8.06. The maximum Gasteiger partial charge on any atom is 2.00 e. The number of hydrogen-bond acceptors (Lipinski definition) is 2. The molecule has 0 unspecified atom stereocenters. The fraction of sp³-hybridized carbons (Fsp3) is 0.200. The first-order valence-corrected chi connectivity index (χ1v) is 3.72. The fourth-order valence-electron chi connectivity index (χ4n) is 0.574. The second-order valence-corrected chi connectivity index (χ2v) is 2.23. The van der Waals surface area contributed by atoms with Crippen LogP contribution in [-0.4, -0.2) is 29.0 Å². The molecule has 0 saturated carbocycles. The van der Waals surface area contributed by atoms with Crippen molar-refractivity contribution in [1.82, 2.24) is 0 Å². The Bertz CT molecular complexity index is 222. The first-order valence-electron chi connectivity index (χ1n) is 3.72. The molecular weight excluding hydrogens is 176 g/mol. The van der Waals surface area contributed by atoms with Gasteiger partial charge in [0.15, 0.2) is 0 Å². The number of carbonyl (C=O) groups excluding carboxylic acids is 1. The van der Waals surface area contributed by atoms with E-state index in [1.807, 2.05) is 20.3 Å². The van der Waals surface area contributed by atoms with Gasteiger partial charge in [-0.2, -0.15) is 13.8 Å². The Morgan fingerprint density at radius 2 is 1.62 bits per heavy atom. The van der Waals surface area contributed by atoms with E-state index in [0.29, 0.717) is 0 Å². The van der Waals surface area contributed by atoms with Crippen LogP contribution in [0.5, 0.6) is 0 Å². The van der Waals surface area contributed by atoms with Crippen LogP contribution in [0.15, 0.2) is 30.3 Å². The van der Waals surface area contributed by atoms with Gasteiger partial charge in [-0.25, -0.2) is 0 Å². The number of carbonyl (C=O) groups is 1. The first-order chi connectivity index (χ1) is 5.72. The van der Waals surface area contributed by atoms with Crippen molar-refractivity contribution in [3.8, 4) is 0 Å². The van der Waals surface area contributed by atoms with Crippen molar-refractivity contribution >= 4 is 29.0 Å². The molecule has 0 aliphatic heterocycles. The third kappa shape index (κ3) is 7.81. The van der Waals surface area contributed by atoms with Crippen LogP contribution in [-0.2, 0) is 0 Å². The van der Waals surface area contributed by atoms with Crippen LogP contribution in [0.1, 0.15) is 24.2 Å². The maximum atomic E-state index is 10.1. The van der Waals surface area contributed by atoms with Gasteiger partial charge in [-0.05, 0) is 5.56 Å². The van der Waals surface area contributed by atoms with Crippen LogP contribution >= 0.6 is 0 Å². The first kappa shape index (κ1) is 15.0. The minimum atomic E-state index is -1.13. The molecule has 0 aliphatic carbocycles. The molecule has 2 nitrogen and oxygen atoms in total. The minimum absolute atomic E-state index is 0. The van der Waals surface area contributed by atoms with E-state index >= 15 is 0 Å². The second kappa shape index (κ2) is 9.54. The van der Waals surface area contributed by atoms with E-state index in [9.17, 15) is 9.90 Å². The summed E-state index contributed by atoms with van der Waals surface area (Å²) in [5.74, 6) is -1.13. The number of aromatic carboxylic acids is 1. The maximum absolute atomic E-state index is 10.1. The molecule has 0 saturated heterocycles. The van der Waals surface area contributed by atoms with Crippen molar-refractivity contribution in [2.75, 3.05) is 0 Å². The van der Waals surface area contributed by atoms with Gasteiger partial charge in [0, 0.05) is 0 Å². The van der Waals surface area contributed by atoms with Crippen LogP contribution in [0.3, 0.4) is 0 Å². The molecule has 0 amide bonds. The van der Waals surface area contributed by atoms with Gasteiger partial charge < -0.3 is 16.3 Å².